The van der Waals surface area contributed by atoms with Gasteiger partial charge in [-0.3, -0.25) is 0 Å². The molecule has 3 nitrogen and oxygen atoms in total. The van der Waals surface area contributed by atoms with E-state index in [2.05, 4.69) is 14.1 Å². The summed E-state index contributed by atoms with van der Waals surface area (Å²) in [5.74, 6) is 0. The quantitative estimate of drug-likeness (QED) is 0.355. The molecule has 19 heavy (non-hydrogen) atoms. The minimum Gasteiger partial charge on any atom is -1.00 e. The summed E-state index contributed by atoms with van der Waals surface area (Å²) in [6.45, 7) is 9.77. The maximum atomic E-state index is 5.86. The third-order valence-electron chi connectivity index (χ3n) is 4.84. The van der Waals surface area contributed by atoms with E-state index in [0.29, 0.717) is 0 Å². The van der Waals surface area contributed by atoms with Gasteiger partial charge in [-0.2, -0.15) is 0 Å². The molecule has 0 N–H and O–H groups in total. The van der Waals surface area contributed by atoms with Crippen molar-refractivity contribution < 1.29 is 38.5 Å². The molecular weight excluding hydrogens is 283 g/mol. The summed E-state index contributed by atoms with van der Waals surface area (Å²) in [4.78, 5) is 0. The van der Waals surface area contributed by atoms with Crippen LogP contribution in [-0.4, -0.2) is 75.5 Å². The summed E-state index contributed by atoms with van der Waals surface area (Å²) in [5, 5.41) is 0. The lowest BCUT2D eigenvalue weighted by Crippen LogP contribution is -3.00. The Hall–Kier alpha value is 0.460. The van der Waals surface area contributed by atoms with Gasteiger partial charge in [-0.15, -0.1) is 0 Å². The Bertz CT molecular complexity index is 216. The van der Waals surface area contributed by atoms with E-state index in [1.54, 1.807) is 0 Å². The van der Waals surface area contributed by atoms with Crippen molar-refractivity contribution in [3.05, 3.63) is 0 Å². The van der Waals surface area contributed by atoms with E-state index < -0.39 is 0 Å². The van der Waals surface area contributed by atoms with Gasteiger partial charge < -0.3 is 38.5 Å². The van der Waals surface area contributed by atoms with E-state index in [0.717, 1.165) is 13.2 Å². The number of rotatable bonds is 6. The molecule has 0 aromatic rings. The van der Waals surface area contributed by atoms with Crippen molar-refractivity contribution >= 4 is 0 Å². The molecule has 0 saturated carbocycles. The molecular formula is C14H30Cl2N2O. The second-order valence-electron chi connectivity index (χ2n) is 6.61. The molecule has 0 amide bonds. The number of hydrogen-bond donors (Lipinski definition) is 0. The van der Waals surface area contributed by atoms with Crippen LogP contribution in [0.3, 0.4) is 0 Å². The molecule has 0 atom stereocenters. The van der Waals surface area contributed by atoms with Crippen molar-refractivity contribution in [2.24, 2.45) is 0 Å². The molecule has 0 radical (unpaired) electrons. The molecule has 2 fully saturated rings. The van der Waals surface area contributed by atoms with Gasteiger partial charge in [0.15, 0.2) is 0 Å². The first-order valence-electron chi connectivity index (χ1n) is 7.37. The first-order valence-corrected chi connectivity index (χ1v) is 7.37. The molecule has 2 aliphatic rings. The summed E-state index contributed by atoms with van der Waals surface area (Å²) in [6.07, 6.45) is 5.63. The van der Waals surface area contributed by atoms with Crippen LogP contribution in [0.2, 0.25) is 0 Å². The summed E-state index contributed by atoms with van der Waals surface area (Å²) in [6, 6.07) is 0. The Labute approximate surface area is 131 Å². The highest BCUT2D eigenvalue weighted by Gasteiger charge is 2.27. The predicted molar refractivity (Wildman–Crippen MR) is 70.9 cm³/mol. The van der Waals surface area contributed by atoms with Crippen LogP contribution >= 0.6 is 0 Å². The molecule has 2 rings (SSSR count). The van der Waals surface area contributed by atoms with E-state index >= 15 is 0 Å². The maximum Gasteiger partial charge on any atom is 0.102 e. The Balaban J connectivity index is 0.00000162. The zero-order valence-electron chi connectivity index (χ0n) is 12.5. The topological polar surface area (TPSA) is 9.23 Å². The van der Waals surface area contributed by atoms with Gasteiger partial charge in [0, 0.05) is 25.7 Å². The van der Waals surface area contributed by atoms with Crippen LogP contribution in [-0.2, 0) is 4.74 Å². The van der Waals surface area contributed by atoms with E-state index in [1.807, 2.05) is 0 Å². The third kappa shape index (κ3) is 6.17. The van der Waals surface area contributed by atoms with Crippen molar-refractivity contribution in [3.63, 3.8) is 0 Å². The Kier molecular flexibility index (Phi) is 8.89. The molecule has 0 aromatic carbocycles. The molecule has 5 heteroatoms. The number of likely N-dealkylation sites (tertiary alicyclic amines) is 2. The molecule has 0 aliphatic carbocycles. The van der Waals surface area contributed by atoms with Crippen LogP contribution < -0.4 is 24.8 Å². The zero-order valence-corrected chi connectivity index (χ0v) is 14.1. The van der Waals surface area contributed by atoms with Crippen molar-refractivity contribution in [3.8, 4) is 0 Å². The van der Waals surface area contributed by atoms with Gasteiger partial charge in [-0.1, -0.05) is 0 Å². The highest BCUT2D eigenvalue weighted by Crippen LogP contribution is 2.16. The van der Waals surface area contributed by atoms with Gasteiger partial charge in [0.05, 0.1) is 53.5 Å². The molecule has 2 aliphatic heterocycles. The Morgan fingerprint density at radius 3 is 1.32 bits per heavy atom. The van der Waals surface area contributed by atoms with Gasteiger partial charge in [-0.05, 0) is 0 Å². The smallest absolute Gasteiger partial charge is 0.102 e. The first kappa shape index (κ1) is 19.5. The van der Waals surface area contributed by atoms with Gasteiger partial charge in [-0.25, -0.2) is 0 Å². The molecule has 0 bridgehead atoms. The summed E-state index contributed by atoms with van der Waals surface area (Å²) >= 11 is 0. The highest BCUT2D eigenvalue weighted by atomic mass is 35.5. The lowest BCUT2D eigenvalue weighted by atomic mass is 10.4. The summed E-state index contributed by atoms with van der Waals surface area (Å²) in [5.41, 5.74) is 0. The predicted octanol–water partition coefficient (Wildman–Crippen LogP) is -4.51. The monoisotopic (exact) mass is 312 g/mol. The van der Waals surface area contributed by atoms with Gasteiger partial charge in [0.1, 0.15) is 13.1 Å². The number of likely N-dealkylation sites (N-methyl/N-ethyl adjacent to an activating group) is 2. The number of halogens is 2. The van der Waals surface area contributed by atoms with Crippen LogP contribution in [0.25, 0.3) is 0 Å². The molecule has 0 spiro atoms. The minimum atomic E-state index is 0. The van der Waals surface area contributed by atoms with Crippen LogP contribution in [0, 0.1) is 0 Å². The second-order valence-corrected chi connectivity index (χ2v) is 6.61. The molecule has 2 heterocycles. The lowest BCUT2D eigenvalue weighted by Gasteiger charge is -2.30. The normalized spacial score (nSPS) is 23.7. The largest absolute Gasteiger partial charge is 1.00 e. The zero-order chi connectivity index (χ0) is 12.2. The minimum absolute atomic E-state index is 0. The highest BCUT2D eigenvalue weighted by molar-refractivity contribution is 4.53. The molecule has 0 aromatic heterocycles. The maximum absolute atomic E-state index is 5.86. The lowest BCUT2D eigenvalue weighted by molar-refractivity contribution is -0.901. The fourth-order valence-corrected chi connectivity index (χ4v) is 3.32. The number of hydrogen-bond acceptors (Lipinski definition) is 1. The summed E-state index contributed by atoms with van der Waals surface area (Å²) < 4.78 is 8.34. The van der Waals surface area contributed by atoms with Crippen LogP contribution in [0.5, 0.6) is 0 Å². The Morgan fingerprint density at radius 1 is 0.684 bits per heavy atom. The number of ether oxygens (including phenoxy) is 1. The molecule has 116 valence electrons. The van der Waals surface area contributed by atoms with E-state index in [9.17, 15) is 0 Å². The fourth-order valence-electron chi connectivity index (χ4n) is 3.32. The molecule has 0 unspecified atom stereocenters. The SMILES string of the molecule is C[N+]1(CCOCC[N+]2(C)CCCC2)CCCC1.[Cl-].[Cl-]. The first-order chi connectivity index (χ1) is 8.12. The standard InChI is InChI=1S/C14H30N2O.2ClH/c1-15(7-3-4-8-15)11-13-17-14-12-16(2)9-5-6-10-16;;/h3-14H2,1-2H3;2*1H/q+2;;/p-2. The fraction of sp³-hybridized carbons (Fsp3) is 1.00. The van der Waals surface area contributed by atoms with E-state index in [-0.39, 0.29) is 24.8 Å². The van der Waals surface area contributed by atoms with Gasteiger partial charge in [0.2, 0.25) is 0 Å². The van der Waals surface area contributed by atoms with Crippen molar-refractivity contribution in [2.75, 3.05) is 66.6 Å². The number of nitrogens with zero attached hydrogens (tertiary/aromatic N) is 2. The number of quaternary nitrogens is 2. The van der Waals surface area contributed by atoms with Crippen molar-refractivity contribution in [1.29, 1.82) is 0 Å². The molecule has 2 saturated heterocycles. The van der Waals surface area contributed by atoms with E-state index in [4.69, 9.17) is 4.74 Å². The average molecular weight is 313 g/mol. The van der Waals surface area contributed by atoms with Gasteiger partial charge >= 0.3 is 0 Å². The average Bonchev–Trinajstić information content (AvgIpc) is 2.89. The third-order valence-corrected chi connectivity index (χ3v) is 4.84. The van der Waals surface area contributed by atoms with Crippen LogP contribution in [0.4, 0.5) is 0 Å². The van der Waals surface area contributed by atoms with Crippen LogP contribution in [0.15, 0.2) is 0 Å². The second kappa shape index (κ2) is 8.68. The van der Waals surface area contributed by atoms with Crippen LogP contribution in [0.1, 0.15) is 25.7 Å². The van der Waals surface area contributed by atoms with E-state index in [1.165, 1.54) is 73.9 Å². The van der Waals surface area contributed by atoms with Crippen molar-refractivity contribution in [2.45, 2.75) is 25.7 Å². The van der Waals surface area contributed by atoms with Crippen molar-refractivity contribution in [1.82, 2.24) is 0 Å². The Morgan fingerprint density at radius 2 is 1.00 bits per heavy atom. The summed E-state index contributed by atoms with van der Waals surface area (Å²) in [7, 11) is 4.76. The van der Waals surface area contributed by atoms with Gasteiger partial charge in [0.25, 0.3) is 0 Å².